The lowest BCUT2D eigenvalue weighted by Gasteiger charge is -2.27. The first-order valence-electron chi connectivity index (χ1n) is 6.03. The fourth-order valence-electron chi connectivity index (χ4n) is 1.43. The zero-order valence-corrected chi connectivity index (χ0v) is 11.4. The summed E-state index contributed by atoms with van der Waals surface area (Å²) in [6, 6.07) is 0. The molecule has 1 heterocycles. The second kappa shape index (κ2) is 6.50. The Morgan fingerprint density at radius 3 is 2.56 bits per heavy atom. The third kappa shape index (κ3) is 4.34. The van der Waals surface area contributed by atoms with Gasteiger partial charge in [-0.25, -0.2) is 0 Å². The van der Waals surface area contributed by atoms with Crippen LogP contribution >= 0.6 is 11.8 Å². The van der Waals surface area contributed by atoms with Crippen molar-refractivity contribution in [2.24, 2.45) is 5.41 Å². The predicted molar refractivity (Wildman–Crippen MR) is 68.8 cm³/mol. The lowest BCUT2D eigenvalue weighted by atomic mass is 9.91. The van der Waals surface area contributed by atoms with Crippen molar-refractivity contribution in [3.8, 4) is 0 Å². The van der Waals surface area contributed by atoms with Crippen molar-refractivity contribution in [2.75, 3.05) is 37.7 Å². The maximum Gasteiger partial charge on any atom is 0.311 e. The Labute approximate surface area is 103 Å². The van der Waals surface area contributed by atoms with Gasteiger partial charge in [0.1, 0.15) is 6.61 Å². The molecule has 0 bridgehead atoms. The van der Waals surface area contributed by atoms with Gasteiger partial charge in [0.25, 0.3) is 0 Å². The first-order chi connectivity index (χ1) is 7.56. The van der Waals surface area contributed by atoms with Crippen molar-refractivity contribution in [1.29, 1.82) is 0 Å². The van der Waals surface area contributed by atoms with Crippen LogP contribution in [0.4, 0.5) is 0 Å². The minimum atomic E-state index is -0.336. The molecule has 94 valence electrons. The number of thioether (sulfide) groups is 1. The molecule has 1 rings (SSSR count). The maximum absolute atomic E-state index is 11.7. The van der Waals surface area contributed by atoms with E-state index in [1.165, 1.54) is 11.5 Å². The Kier molecular flexibility index (Phi) is 5.62. The minimum Gasteiger partial charge on any atom is -0.464 e. The molecule has 1 saturated heterocycles. The zero-order chi connectivity index (χ0) is 12.0. The molecule has 1 aliphatic heterocycles. The van der Waals surface area contributed by atoms with E-state index in [4.69, 9.17) is 4.74 Å². The van der Waals surface area contributed by atoms with Crippen LogP contribution < -0.4 is 0 Å². The van der Waals surface area contributed by atoms with E-state index in [1.807, 2.05) is 32.5 Å². The lowest BCUT2D eigenvalue weighted by Crippen LogP contribution is -2.36. The van der Waals surface area contributed by atoms with E-state index >= 15 is 0 Å². The van der Waals surface area contributed by atoms with E-state index in [0.717, 1.165) is 26.1 Å². The van der Waals surface area contributed by atoms with Crippen LogP contribution in [-0.2, 0) is 9.53 Å². The van der Waals surface area contributed by atoms with Crippen molar-refractivity contribution in [2.45, 2.75) is 27.2 Å². The molecular weight excluding hydrogens is 222 g/mol. The minimum absolute atomic E-state index is 0.0682. The van der Waals surface area contributed by atoms with Crippen molar-refractivity contribution in [3.63, 3.8) is 0 Å². The standard InChI is InChI=1S/C12H23NO2S/c1-4-12(2,3)11(14)15-8-5-13-6-9-16-10-7-13/h4-10H2,1-3H3. The molecule has 1 aliphatic rings. The molecule has 0 radical (unpaired) electrons. The Hall–Kier alpha value is -0.220. The maximum atomic E-state index is 11.7. The van der Waals surface area contributed by atoms with Crippen LogP contribution in [0.2, 0.25) is 0 Å². The molecule has 0 saturated carbocycles. The molecule has 0 aliphatic carbocycles. The molecule has 16 heavy (non-hydrogen) atoms. The number of hydrogen-bond acceptors (Lipinski definition) is 4. The summed E-state index contributed by atoms with van der Waals surface area (Å²) in [6.45, 7) is 9.56. The highest BCUT2D eigenvalue weighted by Gasteiger charge is 2.27. The third-order valence-electron chi connectivity index (χ3n) is 3.18. The molecule has 0 N–H and O–H groups in total. The second-order valence-corrected chi connectivity index (χ2v) is 6.05. The fourth-order valence-corrected chi connectivity index (χ4v) is 2.41. The van der Waals surface area contributed by atoms with Crippen LogP contribution in [0, 0.1) is 5.41 Å². The summed E-state index contributed by atoms with van der Waals surface area (Å²) in [4.78, 5) is 14.1. The largest absolute Gasteiger partial charge is 0.464 e. The van der Waals surface area contributed by atoms with Crippen LogP contribution in [0.5, 0.6) is 0 Å². The molecule has 0 aromatic rings. The van der Waals surface area contributed by atoms with Crippen molar-refractivity contribution >= 4 is 17.7 Å². The van der Waals surface area contributed by atoms with Gasteiger partial charge in [0, 0.05) is 31.1 Å². The van der Waals surface area contributed by atoms with Crippen LogP contribution in [0.15, 0.2) is 0 Å². The molecule has 0 aromatic heterocycles. The van der Waals surface area contributed by atoms with Crippen LogP contribution in [0.25, 0.3) is 0 Å². The molecule has 0 aromatic carbocycles. The number of hydrogen-bond donors (Lipinski definition) is 0. The Morgan fingerprint density at radius 2 is 2.00 bits per heavy atom. The summed E-state index contributed by atoms with van der Waals surface area (Å²) in [6.07, 6.45) is 0.826. The van der Waals surface area contributed by atoms with Gasteiger partial charge in [-0.1, -0.05) is 6.92 Å². The van der Waals surface area contributed by atoms with Crippen LogP contribution in [-0.4, -0.2) is 48.6 Å². The van der Waals surface area contributed by atoms with Gasteiger partial charge in [-0.15, -0.1) is 0 Å². The lowest BCUT2D eigenvalue weighted by molar-refractivity contribution is -0.154. The smallest absolute Gasteiger partial charge is 0.311 e. The monoisotopic (exact) mass is 245 g/mol. The first-order valence-corrected chi connectivity index (χ1v) is 7.19. The number of nitrogens with zero attached hydrogens (tertiary/aromatic N) is 1. The molecule has 3 nitrogen and oxygen atoms in total. The number of rotatable bonds is 5. The second-order valence-electron chi connectivity index (χ2n) is 4.83. The van der Waals surface area contributed by atoms with Crippen LogP contribution in [0.3, 0.4) is 0 Å². The van der Waals surface area contributed by atoms with Gasteiger partial charge >= 0.3 is 5.97 Å². The molecule has 0 atom stereocenters. The summed E-state index contributed by atoms with van der Waals surface area (Å²) in [5, 5.41) is 0. The molecule has 0 unspecified atom stereocenters. The molecular formula is C12H23NO2S. The highest BCUT2D eigenvalue weighted by Crippen LogP contribution is 2.21. The molecule has 4 heteroatoms. The Morgan fingerprint density at radius 1 is 1.38 bits per heavy atom. The van der Waals surface area contributed by atoms with E-state index in [9.17, 15) is 4.79 Å². The summed E-state index contributed by atoms with van der Waals surface area (Å²) in [7, 11) is 0. The van der Waals surface area contributed by atoms with Crippen molar-refractivity contribution in [1.82, 2.24) is 4.90 Å². The van der Waals surface area contributed by atoms with Gasteiger partial charge in [0.05, 0.1) is 5.41 Å². The predicted octanol–water partition coefficient (Wildman–Crippen LogP) is 2.01. The quantitative estimate of drug-likeness (QED) is 0.693. The van der Waals surface area contributed by atoms with Gasteiger partial charge < -0.3 is 4.74 Å². The fraction of sp³-hybridized carbons (Fsp3) is 0.917. The average molecular weight is 245 g/mol. The molecule has 1 fully saturated rings. The van der Waals surface area contributed by atoms with Crippen LogP contribution in [0.1, 0.15) is 27.2 Å². The van der Waals surface area contributed by atoms with E-state index in [1.54, 1.807) is 0 Å². The van der Waals surface area contributed by atoms with Gasteiger partial charge in [-0.2, -0.15) is 11.8 Å². The zero-order valence-electron chi connectivity index (χ0n) is 10.6. The normalized spacial score (nSPS) is 18.4. The summed E-state index contributed by atoms with van der Waals surface area (Å²) in [5.41, 5.74) is -0.336. The van der Waals surface area contributed by atoms with Gasteiger partial charge in [0.2, 0.25) is 0 Å². The molecule has 0 amide bonds. The highest BCUT2D eigenvalue weighted by atomic mass is 32.2. The number of ether oxygens (including phenoxy) is 1. The van der Waals surface area contributed by atoms with Crippen molar-refractivity contribution in [3.05, 3.63) is 0 Å². The van der Waals surface area contributed by atoms with E-state index in [-0.39, 0.29) is 11.4 Å². The summed E-state index contributed by atoms with van der Waals surface area (Å²) >= 11 is 2.00. The SMILES string of the molecule is CCC(C)(C)C(=O)OCCN1CCSCC1. The number of esters is 1. The third-order valence-corrected chi connectivity index (χ3v) is 4.12. The average Bonchev–Trinajstić information content (AvgIpc) is 2.30. The van der Waals surface area contributed by atoms with Crippen molar-refractivity contribution < 1.29 is 9.53 Å². The highest BCUT2D eigenvalue weighted by molar-refractivity contribution is 7.99. The summed E-state index contributed by atoms with van der Waals surface area (Å²) < 4.78 is 5.31. The number of carbonyl (C=O) groups excluding carboxylic acids is 1. The Balaban J connectivity index is 2.17. The first kappa shape index (κ1) is 13.8. The molecule has 0 spiro atoms. The van der Waals surface area contributed by atoms with E-state index in [2.05, 4.69) is 4.90 Å². The number of carbonyl (C=O) groups is 1. The summed E-state index contributed by atoms with van der Waals surface area (Å²) in [5.74, 6) is 2.34. The van der Waals surface area contributed by atoms with Gasteiger partial charge in [-0.05, 0) is 20.3 Å². The van der Waals surface area contributed by atoms with E-state index < -0.39 is 0 Å². The topological polar surface area (TPSA) is 29.5 Å². The van der Waals surface area contributed by atoms with Gasteiger partial charge in [-0.3, -0.25) is 9.69 Å². The Bertz CT molecular complexity index is 225. The van der Waals surface area contributed by atoms with E-state index in [0.29, 0.717) is 6.61 Å². The van der Waals surface area contributed by atoms with Gasteiger partial charge in [0.15, 0.2) is 0 Å².